The van der Waals surface area contributed by atoms with Gasteiger partial charge in [0.2, 0.25) is 5.95 Å². The fourth-order valence-electron chi connectivity index (χ4n) is 2.78. The average Bonchev–Trinajstić information content (AvgIpc) is 2.65. The molecule has 0 saturated heterocycles. The SMILES string of the molecule is CC[C@H](C)Nc1nc(Nc2c(C)cc(Cl)cc2C)cc(-c2ccccn2)n1. The van der Waals surface area contributed by atoms with E-state index in [4.69, 9.17) is 11.6 Å². The molecule has 0 radical (unpaired) electrons. The van der Waals surface area contributed by atoms with Crippen molar-refractivity contribution in [3.63, 3.8) is 0 Å². The van der Waals surface area contributed by atoms with Crippen LogP contribution in [0.5, 0.6) is 0 Å². The summed E-state index contributed by atoms with van der Waals surface area (Å²) in [5.74, 6) is 1.30. The Bertz CT molecular complexity index is 904. The van der Waals surface area contributed by atoms with Gasteiger partial charge < -0.3 is 10.6 Å². The van der Waals surface area contributed by atoms with Gasteiger partial charge in [-0.05, 0) is 62.6 Å². The topological polar surface area (TPSA) is 62.7 Å². The van der Waals surface area contributed by atoms with Gasteiger partial charge in [-0.1, -0.05) is 24.6 Å². The Morgan fingerprint density at radius 1 is 1.04 bits per heavy atom. The van der Waals surface area contributed by atoms with E-state index in [0.29, 0.717) is 11.8 Å². The minimum absolute atomic E-state index is 0.274. The number of pyridine rings is 1. The molecule has 1 atom stereocenters. The van der Waals surface area contributed by atoms with Gasteiger partial charge in [-0.2, -0.15) is 4.98 Å². The first-order chi connectivity index (χ1) is 13.0. The molecule has 2 heterocycles. The second kappa shape index (κ2) is 8.35. The van der Waals surface area contributed by atoms with Gasteiger partial charge in [0.1, 0.15) is 5.82 Å². The van der Waals surface area contributed by atoms with E-state index < -0.39 is 0 Å². The van der Waals surface area contributed by atoms with Crippen LogP contribution in [0.15, 0.2) is 42.6 Å². The Morgan fingerprint density at radius 3 is 2.41 bits per heavy atom. The molecule has 0 bridgehead atoms. The first-order valence-corrected chi connectivity index (χ1v) is 9.45. The molecule has 0 aliphatic rings. The van der Waals surface area contributed by atoms with Gasteiger partial charge in [0, 0.05) is 29.0 Å². The summed E-state index contributed by atoms with van der Waals surface area (Å²) in [7, 11) is 0. The third kappa shape index (κ3) is 4.74. The van der Waals surface area contributed by atoms with Crippen LogP contribution in [0.1, 0.15) is 31.4 Å². The maximum atomic E-state index is 6.16. The molecule has 0 fully saturated rings. The van der Waals surface area contributed by atoms with Crippen molar-refractivity contribution in [2.75, 3.05) is 10.6 Å². The van der Waals surface area contributed by atoms with Gasteiger partial charge in [0.05, 0.1) is 11.4 Å². The van der Waals surface area contributed by atoms with Gasteiger partial charge >= 0.3 is 0 Å². The molecule has 0 unspecified atom stereocenters. The summed E-state index contributed by atoms with van der Waals surface area (Å²) in [4.78, 5) is 13.7. The number of aromatic nitrogens is 3. The standard InChI is InChI=1S/C21H24ClN5/c1-5-15(4)24-21-25-18(17-8-6-7-9-23-17)12-19(27-21)26-20-13(2)10-16(22)11-14(20)3/h6-12,15H,5H2,1-4H3,(H2,24,25,26,27)/t15-/m0/s1. The molecule has 0 amide bonds. The van der Waals surface area contributed by atoms with Crippen LogP contribution >= 0.6 is 11.6 Å². The fourth-order valence-corrected chi connectivity index (χ4v) is 3.11. The van der Waals surface area contributed by atoms with Gasteiger partial charge in [0.15, 0.2) is 0 Å². The largest absolute Gasteiger partial charge is 0.352 e. The molecule has 2 N–H and O–H groups in total. The van der Waals surface area contributed by atoms with Crippen molar-refractivity contribution in [3.8, 4) is 11.4 Å². The molecular formula is C21H24ClN5. The monoisotopic (exact) mass is 381 g/mol. The van der Waals surface area contributed by atoms with Crippen LogP contribution in [0.4, 0.5) is 17.5 Å². The number of halogens is 1. The number of nitrogens with zero attached hydrogens (tertiary/aromatic N) is 3. The first-order valence-electron chi connectivity index (χ1n) is 9.07. The molecule has 0 spiro atoms. The molecule has 0 aliphatic carbocycles. The average molecular weight is 382 g/mol. The Morgan fingerprint density at radius 2 is 1.78 bits per heavy atom. The van der Waals surface area contributed by atoms with Crippen LogP contribution in [0.2, 0.25) is 5.02 Å². The first kappa shape index (κ1) is 19.1. The summed E-state index contributed by atoms with van der Waals surface area (Å²) in [5.41, 5.74) is 4.70. The molecule has 3 rings (SSSR count). The van der Waals surface area contributed by atoms with Crippen LogP contribution < -0.4 is 10.6 Å². The number of nitrogens with one attached hydrogen (secondary N) is 2. The van der Waals surface area contributed by atoms with Crippen LogP contribution in [-0.2, 0) is 0 Å². The minimum atomic E-state index is 0.274. The summed E-state index contributed by atoms with van der Waals surface area (Å²) in [6.45, 7) is 8.29. The quantitative estimate of drug-likeness (QED) is 0.568. The lowest BCUT2D eigenvalue weighted by Gasteiger charge is -2.16. The Labute approximate surface area is 165 Å². The number of benzene rings is 1. The predicted octanol–water partition coefficient (Wildman–Crippen LogP) is 5.76. The van der Waals surface area contributed by atoms with E-state index in [1.807, 2.05) is 50.2 Å². The van der Waals surface area contributed by atoms with Gasteiger partial charge in [-0.3, -0.25) is 4.98 Å². The van der Waals surface area contributed by atoms with Crippen molar-refractivity contribution in [2.45, 2.75) is 40.2 Å². The zero-order valence-electron chi connectivity index (χ0n) is 16.0. The lowest BCUT2D eigenvalue weighted by Crippen LogP contribution is -2.16. The number of hydrogen-bond donors (Lipinski definition) is 2. The fraction of sp³-hybridized carbons (Fsp3) is 0.286. The van der Waals surface area contributed by atoms with Crippen molar-refractivity contribution in [2.24, 2.45) is 0 Å². The summed E-state index contributed by atoms with van der Waals surface area (Å²) in [5, 5.41) is 7.52. The highest BCUT2D eigenvalue weighted by molar-refractivity contribution is 6.30. The summed E-state index contributed by atoms with van der Waals surface area (Å²) < 4.78 is 0. The Balaban J connectivity index is 2.02. The predicted molar refractivity (Wildman–Crippen MR) is 113 cm³/mol. The number of aryl methyl sites for hydroxylation is 2. The van der Waals surface area contributed by atoms with Crippen molar-refractivity contribution in [1.29, 1.82) is 0 Å². The molecule has 140 valence electrons. The van der Waals surface area contributed by atoms with Crippen molar-refractivity contribution >= 4 is 29.1 Å². The number of hydrogen-bond acceptors (Lipinski definition) is 5. The zero-order valence-corrected chi connectivity index (χ0v) is 16.8. The summed E-state index contributed by atoms with van der Waals surface area (Å²) >= 11 is 6.16. The van der Waals surface area contributed by atoms with E-state index in [9.17, 15) is 0 Å². The lowest BCUT2D eigenvalue weighted by atomic mass is 10.1. The maximum Gasteiger partial charge on any atom is 0.225 e. The molecule has 0 aliphatic heterocycles. The van der Waals surface area contributed by atoms with Gasteiger partial charge in [0.25, 0.3) is 0 Å². The van der Waals surface area contributed by atoms with Gasteiger partial charge in [-0.15, -0.1) is 0 Å². The van der Waals surface area contributed by atoms with Crippen molar-refractivity contribution in [1.82, 2.24) is 15.0 Å². The molecule has 3 aromatic rings. The van der Waals surface area contributed by atoms with Crippen LogP contribution in [0.25, 0.3) is 11.4 Å². The van der Waals surface area contributed by atoms with Crippen LogP contribution in [0, 0.1) is 13.8 Å². The molecule has 2 aromatic heterocycles. The van der Waals surface area contributed by atoms with E-state index in [1.54, 1.807) is 6.20 Å². The third-order valence-electron chi connectivity index (χ3n) is 4.39. The smallest absolute Gasteiger partial charge is 0.225 e. The van der Waals surface area contributed by atoms with Crippen molar-refractivity contribution in [3.05, 3.63) is 58.7 Å². The van der Waals surface area contributed by atoms with E-state index in [1.165, 1.54) is 0 Å². The van der Waals surface area contributed by atoms with E-state index >= 15 is 0 Å². The van der Waals surface area contributed by atoms with E-state index in [0.717, 1.165) is 39.6 Å². The lowest BCUT2D eigenvalue weighted by molar-refractivity contribution is 0.753. The zero-order chi connectivity index (χ0) is 19.4. The summed E-state index contributed by atoms with van der Waals surface area (Å²) in [6.07, 6.45) is 2.75. The van der Waals surface area contributed by atoms with Crippen LogP contribution in [0.3, 0.4) is 0 Å². The van der Waals surface area contributed by atoms with Gasteiger partial charge in [-0.25, -0.2) is 4.98 Å². The minimum Gasteiger partial charge on any atom is -0.352 e. The third-order valence-corrected chi connectivity index (χ3v) is 4.61. The Kier molecular flexibility index (Phi) is 5.91. The second-order valence-electron chi connectivity index (χ2n) is 6.67. The number of anilines is 3. The highest BCUT2D eigenvalue weighted by Gasteiger charge is 2.12. The summed E-state index contributed by atoms with van der Waals surface area (Å²) in [6, 6.07) is 11.9. The Hall–Kier alpha value is -2.66. The number of rotatable bonds is 6. The maximum absolute atomic E-state index is 6.16. The molecular weight excluding hydrogens is 358 g/mol. The highest BCUT2D eigenvalue weighted by Crippen LogP contribution is 2.29. The highest BCUT2D eigenvalue weighted by atomic mass is 35.5. The molecule has 0 saturated carbocycles. The van der Waals surface area contributed by atoms with Crippen molar-refractivity contribution < 1.29 is 0 Å². The van der Waals surface area contributed by atoms with Crippen LogP contribution in [-0.4, -0.2) is 21.0 Å². The van der Waals surface area contributed by atoms with E-state index in [-0.39, 0.29) is 6.04 Å². The van der Waals surface area contributed by atoms with E-state index in [2.05, 4.69) is 39.4 Å². The second-order valence-corrected chi connectivity index (χ2v) is 7.11. The molecule has 1 aromatic carbocycles. The molecule has 5 nitrogen and oxygen atoms in total. The molecule has 27 heavy (non-hydrogen) atoms. The molecule has 6 heteroatoms. The normalized spacial score (nSPS) is 11.9.